The van der Waals surface area contributed by atoms with E-state index in [1.54, 1.807) is 0 Å². The van der Waals surface area contributed by atoms with Crippen molar-refractivity contribution in [3.8, 4) is 0 Å². The Kier molecular flexibility index (Phi) is 68.5. The van der Waals surface area contributed by atoms with Crippen LogP contribution in [0.5, 0.6) is 0 Å². The van der Waals surface area contributed by atoms with E-state index >= 15 is 0 Å². The van der Waals surface area contributed by atoms with Crippen LogP contribution in [-0.4, -0.2) is 95.9 Å². The van der Waals surface area contributed by atoms with Crippen LogP contribution in [0, 0.1) is 0 Å². The van der Waals surface area contributed by atoms with Crippen molar-refractivity contribution < 1.29 is 75.8 Å². The molecule has 18 heteroatoms. The highest BCUT2D eigenvalue weighted by atomic mass is 31.2. The molecule has 0 aliphatic rings. The lowest BCUT2D eigenvalue weighted by atomic mass is 10.1. The number of phosphoric acid groups is 2. The van der Waals surface area contributed by atoms with Gasteiger partial charge in [0.15, 0.2) is 6.10 Å². The molecule has 0 amide bonds. The third kappa shape index (κ3) is 73.7. The Morgan fingerprint density at radius 2 is 0.505 bits per heavy atom. The van der Waals surface area contributed by atoms with Gasteiger partial charge >= 0.3 is 33.6 Å². The van der Waals surface area contributed by atoms with Crippen LogP contribution in [0.3, 0.4) is 0 Å². The maximum atomic E-state index is 13.0. The lowest BCUT2D eigenvalue weighted by Crippen LogP contribution is -2.30. The molecule has 0 spiro atoms. The summed E-state index contributed by atoms with van der Waals surface area (Å²) in [4.78, 5) is 58.6. The number of aliphatic hydroxyl groups is 2. The number of carbonyl (C=O) groups is 3. The van der Waals surface area contributed by atoms with Gasteiger partial charge in [0.1, 0.15) is 25.4 Å². The number of hydrogen-bond acceptors (Lipinski definition) is 14. The van der Waals surface area contributed by atoms with E-state index in [0.29, 0.717) is 19.3 Å². The van der Waals surface area contributed by atoms with Crippen molar-refractivity contribution in [2.24, 2.45) is 0 Å². The maximum absolute atomic E-state index is 13.0. The number of unbranched alkanes of at least 4 members (excludes halogenated alkanes) is 15. The summed E-state index contributed by atoms with van der Waals surface area (Å²) in [6.45, 7) is 2.23. The summed E-state index contributed by atoms with van der Waals surface area (Å²) in [5.74, 6) is -1.65. The third-order valence-electron chi connectivity index (χ3n) is 14.6. The number of aliphatic hydroxyl groups excluding tert-OH is 2. The molecule has 16 nitrogen and oxygen atoms in total. The summed E-state index contributed by atoms with van der Waals surface area (Å²) in [5, 5.41) is 20.6. The minimum Gasteiger partial charge on any atom is -0.463 e. The Bertz CT molecular complexity index is 2530. The second-order valence-electron chi connectivity index (χ2n) is 23.9. The second kappa shape index (κ2) is 72.4. The van der Waals surface area contributed by atoms with Gasteiger partial charge in [-0.2, -0.15) is 0 Å². The number of rotatable bonds is 68. The molecule has 5 unspecified atom stereocenters. The fourth-order valence-electron chi connectivity index (χ4n) is 9.06. The van der Waals surface area contributed by atoms with E-state index in [4.69, 9.17) is 32.3 Å². The van der Waals surface area contributed by atoms with E-state index in [0.717, 1.165) is 193 Å². The van der Waals surface area contributed by atoms with E-state index in [2.05, 4.69) is 203 Å². The van der Waals surface area contributed by atoms with E-state index in [1.807, 2.05) is 0 Å². The molecule has 0 aromatic heterocycles. The lowest BCUT2D eigenvalue weighted by molar-refractivity contribution is -0.161. The molecule has 0 aromatic rings. The number of phosphoric ester groups is 2. The molecule has 0 saturated heterocycles. The van der Waals surface area contributed by atoms with E-state index < -0.39 is 91.5 Å². The highest BCUT2D eigenvalue weighted by Crippen LogP contribution is 2.45. The molecule has 4 N–H and O–H groups in total. The van der Waals surface area contributed by atoms with Gasteiger partial charge in [-0.25, -0.2) is 9.13 Å². The minimum atomic E-state index is -4.95. The van der Waals surface area contributed by atoms with Gasteiger partial charge in [-0.3, -0.25) is 32.5 Å². The molecule has 0 saturated carbocycles. The summed E-state index contributed by atoms with van der Waals surface area (Å²) in [5.41, 5.74) is 0. The summed E-state index contributed by atoms with van der Waals surface area (Å²) >= 11 is 0. The quantitative estimate of drug-likeness (QED) is 0.0146. The molecule has 0 aliphatic heterocycles. The van der Waals surface area contributed by atoms with E-state index in [-0.39, 0.29) is 19.3 Å². The maximum Gasteiger partial charge on any atom is 0.472 e. The first-order chi connectivity index (χ1) is 48.2. The van der Waals surface area contributed by atoms with E-state index in [1.165, 1.54) is 0 Å². The summed E-state index contributed by atoms with van der Waals surface area (Å²) in [6.07, 6.45) is 92.1. The van der Waals surface area contributed by atoms with Crippen molar-refractivity contribution in [3.63, 3.8) is 0 Å². The molecule has 0 aliphatic carbocycles. The molecule has 0 radical (unpaired) electrons. The average molecular weight is 1420 g/mol. The zero-order chi connectivity index (χ0) is 72.3. The second-order valence-corrected chi connectivity index (χ2v) is 26.9. The molecule has 99 heavy (non-hydrogen) atoms. The van der Waals surface area contributed by atoms with Crippen molar-refractivity contribution >= 4 is 33.6 Å². The minimum absolute atomic E-state index is 0.0657. The highest BCUT2D eigenvalue weighted by Gasteiger charge is 2.29. The van der Waals surface area contributed by atoms with E-state index in [9.17, 15) is 43.5 Å². The van der Waals surface area contributed by atoms with Crippen LogP contribution in [0.4, 0.5) is 0 Å². The summed E-state index contributed by atoms with van der Waals surface area (Å²) < 4.78 is 61.0. The molecule has 0 heterocycles. The van der Waals surface area contributed by atoms with Gasteiger partial charge in [-0.15, -0.1) is 0 Å². The highest BCUT2D eigenvalue weighted by molar-refractivity contribution is 7.47. The summed E-state index contributed by atoms with van der Waals surface area (Å²) in [6, 6.07) is 0. The Morgan fingerprint density at radius 1 is 0.283 bits per heavy atom. The molecule has 0 bridgehead atoms. The lowest BCUT2D eigenvalue weighted by Gasteiger charge is -2.21. The van der Waals surface area contributed by atoms with Crippen LogP contribution in [-0.2, 0) is 55.8 Å². The Morgan fingerprint density at radius 3 is 0.798 bits per heavy atom. The van der Waals surface area contributed by atoms with Gasteiger partial charge in [0.25, 0.3) is 0 Å². The Hall–Kier alpha value is -5.35. The van der Waals surface area contributed by atoms with Crippen molar-refractivity contribution in [2.45, 2.75) is 270 Å². The van der Waals surface area contributed by atoms with Crippen molar-refractivity contribution in [1.82, 2.24) is 0 Å². The monoisotopic (exact) mass is 1420 g/mol. The van der Waals surface area contributed by atoms with Crippen LogP contribution in [0.25, 0.3) is 0 Å². The zero-order valence-corrected chi connectivity index (χ0v) is 62.6. The predicted octanol–water partition coefficient (Wildman–Crippen LogP) is 21.4. The number of ether oxygens (including phenoxy) is 3. The standard InChI is InChI=1S/C81H130O16P2/c1-4-7-10-13-16-19-22-25-28-31-33-35-37-39-41-44-46-49-52-55-58-61-64-67-79(84)91-70-76(82)71-93-98(87,88)94-72-77(83)73-95-99(89,90)96-75-78(97-81(86)69-66-63-60-57-54-51-48-43-30-27-24-21-18-15-12-9-6-3)74-92-80(85)68-65-62-59-56-53-50-47-45-42-40-38-36-34-32-29-26-23-20-17-14-11-8-5-2/h7-12,16-21,25-30,33-36,39-42,46,48-49,51,76-78,82-83H,4-6,13-15,22-24,31-32,37-38,43-45,47,50,52-75H2,1-3H3,(H,87,88)(H,89,90)/b10-7-,11-8-,12-9-,19-16-,20-17-,21-18-,28-25-,29-26-,30-27-,35-33-,36-34-,41-39-,42-40-,49-46-,51-48-. The molecule has 560 valence electrons. The van der Waals surface area contributed by atoms with Gasteiger partial charge in [0.05, 0.1) is 26.4 Å². The number of esters is 3. The molecular weight excluding hydrogens is 1290 g/mol. The van der Waals surface area contributed by atoms with Crippen molar-refractivity contribution in [1.29, 1.82) is 0 Å². The number of carbonyl (C=O) groups excluding carboxylic acids is 3. The number of allylic oxidation sites excluding steroid dienone is 30. The topological polar surface area (TPSA) is 231 Å². The van der Waals surface area contributed by atoms with Gasteiger partial charge in [-0.1, -0.05) is 261 Å². The molecule has 5 atom stereocenters. The Balaban J connectivity index is 4.75. The molecule has 0 aromatic carbocycles. The molecule has 0 rings (SSSR count). The SMILES string of the molecule is CC/C=C\C/C=C\C/C=C\C/C=C\C/C=C\C/C=C\CCCCCCC(=O)OCC(O)COP(=O)(O)OCC(O)COP(=O)(O)OCC(COC(=O)CCCCCCCCC/C=C\C/C=C\C/C=C\C/C=C\C/C=C\CC)OC(=O)CCCCCC/C=C\C/C=C\C/C=C\C/C=C\CC. The fourth-order valence-corrected chi connectivity index (χ4v) is 10.6. The normalized spacial score (nSPS) is 15.1. The van der Waals surface area contributed by atoms with Crippen LogP contribution >= 0.6 is 15.6 Å². The smallest absolute Gasteiger partial charge is 0.463 e. The predicted molar refractivity (Wildman–Crippen MR) is 408 cm³/mol. The van der Waals surface area contributed by atoms with Crippen LogP contribution in [0.1, 0.15) is 252 Å². The first-order valence-corrected chi connectivity index (χ1v) is 40.1. The third-order valence-corrected chi connectivity index (χ3v) is 16.5. The van der Waals surface area contributed by atoms with Gasteiger partial charge in [0, 0.05) is 19.3 Å². The van der Waals surface area contributed by atoms with Crippen LogP contribution in [0.2, 0.25) is 0 Å². The first kappa shape index (κ1) is 93.6. The van der Waals surface area contributed by atoms with Crippen molar-refractivity contribution in [2.75, 3.05) is 39.6 Å². The fraction of sp³-hybridized carbons (Fsp3) is 0.593. The van der Waals surface area contributed by atoms with Gasteiger partial charge in [-0.05, 0) is 154 Å². The van der Waals surface area contributed by atoms with Crippen molar-refractivity contribution in [3.05, 3.63) is 182 Å². The largest absolute Gasteiger partial charge is 0.472 e. The average Bonchev–Trinajstić information content (AvgIpc) is 2.19. The molecule has 0 fully saturated rings. The first-order valence-electron chi connectivity index (χ1n) is 37.1. The number of hydrogen-bond donors (Lipinski definition) is 4. The van der Waals surface area contributed by atoms with Crippen LogP contribution in [0.15, 0.2) is 182 Å². The summed E-state index contributed by atoms with van der Waals surface area (Å²) in [7, 11) is -9.82. The van der Waals surface area contributed by atoms with Gasteiger partial charge in [0.2, 0.25) is 0 Å². The Labute approximate surface area is 598 Å². The van der Waals surface area contributed by atoms with Gasteiger partial charge < -0.3 is 34.2 Å². The van der Waals surface area contributed by atoms with Crippen LogP contribution < -0.4 is 0 Å². The molecular formula is C81H130O16P2. The zero-order valence-electron chi connectivity index (χ0n) is 60.8.